The fourth-order valence-electron chi connectivity index (χ4n) is 2.39. The van der Waals surface area contributed by atoms with E-state index >= 15 is 0 Å². The molecule has 2 N–H and O–H groups in total. The molecule has 0 saturated carbocycles. The van der Waals surface area contributed by atoms with Gasteiger partial charge in [0.05, 0.1) is 6.42 Å². The average Bonchev–Trinajstić information content (AvgIpc) is 2.41. The number of amides is 2. The Labute approximate surface area is 116 Å². The van der Waals surface area contributed by atoms with E-state index in [1.54, 1.807) is 12.1 Å². The van der Waals surface area contributed by atoms with Gasteiger partial charge in [0, 0.05) is 5.57 Å². The standard InChI is InChI=1S/C16H13NO3/c18-13-4-1-10(2-5-13)7-11-3-6-14-12(8-11)9-15(19)17-16(14)20/h1-2,4-8,18H,3,9H2,(H,17,19,20). The van der Waals surface area contributed by atoms with Gasteiger partial charge in [-0.3, -0.25) is 14.9 Å². The van der Waals surface area contributed by atoms with Crippen LogP contribution in [0, 0.1) is 0 Å². The highest BCUT2D eigenvalue weighted by atomic mass is 16.3. The second kappa shape index (κ2) is 4.81. The first-order chi connectivity index (χ1) is 9.61. The lowest BCUT2D eigenvalue weighted by Gasteiger charge is -2.21. The normalized spacial score (nSPS) is 20.1. The van der Waals surface area contributed by atoms with Crippen LogP contribution in [-0.4, -0.2) is 16.9 Å². The molecule has 1 aromatic carbocycles. The SMILES string of the molecule is O=C1CC2=CC(=Cc3ccc(O)cc3)CC=C2C(=O)N1. The smallest absolute Gasteiger partial charge is 0.257 e. The van der Waals surface area contributed by atoms with Gasteiger partial charge in [-0.1, -0.05) is 30.4 Å². The van der Waals surface area contributed by atoms with Crippen molar-refractivity contribution in [1.82, 2.24) is 5.32 Å². The van der Waals surface area contributed by atoms with Crippen LogP contribution in [0.25, 0.3) is 6.08 Å². The van der Waals surface area contributed by atoms with E-state index in [4.69, 9.17) is 0 Å². The second-order valence-electron chi connectivity index (χ2n) is 4.86. The number of fused-ring (bicyclic) bond motifs is 1. The van der Waals surface area contributed by atoms with E-state index in [0.29, 0.717) is 12.0 Å². The molecule has 1 aliphatic carbocycles. The molecule has 0 atom stereocenters. The molecule has 0 unspecified atom stereocenters. The number of imide groups is 1. The van der Waals surface area contributed by atoms with Gasteiger partial charge in [-0.2, -0.15) is 0 Å². The highest BCUT2D eigenvalue weighted by molar-refractivity contribution is 6.12. The van der Waals surface area contributed by atoms with E-state index in [2.05, 4.69) is 5.32 Å². The Morgan fingerprint density at radius 1 is 1.15 bits per heavy atom. The fraction of sp³-hybridized carbons (Fsp3) is 0.125. The van der Waals surface area contributed by atoms with Gasteiger partial charge in [-0.15, -0.1) is 0 Å². The number of rotatable bonds is 1. The molecule has 4 nitrogen and oxygen atoms in total. The van der Waals surface area contributed by atoms with Crippen LogP contribution in [0.3, 0.4) is 0 Å². The van der Waals surface area contributed by atoms with Crippen molar-refractivity contribution < 1.29 is 14.7 Å². The maximum Gasteiger partial charge on any atom is 0.257 e. The summed E-state index contributed by atoms with van der Waals surface area (Å²) in [4.78, 5) is 23.0. The third kappa shape index (κ3) is 2.40. The van der Waals surface area contributed by atoms with Crippen LogP contribution in [0.1, 0.15) is 18.4 Å². The van der Waals surface area contributed by atoms with Crippen LogP contribution in [-0.2, 0) is 9.59 Å². The summed E-state index contributed by atoms with van der Waals surface area (Å²) in [6.07, 6.45) is 6.63. The van der Waals surface area contributed by atoms with Gasteiger partial charge < -0.3 is 5.11 Å². The zero-order chi connectivity index (χ0) is 14.1. The lowest BCUT2D eigenvalue weighted by atomic mass is 9.88. The number of phenols is 1. The number of nitrogens with one attached hydrogen (secondary N) is 1. The highest BCUT2D eigenvalue weighted by Crippen LogP contribution is 2.28. The van der Waals surface area contributed by atoms with Crippen LogP contribution < -0.4 is 5.32 Å². The van der Waals surface area contributed by atoms with Crippen LogP contribution in [0.4, 0.5) is 0 Å². The first-order valence-corrected chi connectivity index (χ1v) is 6.37. The van der Waals surface area contributed by atoms with Crippen LogP contribution in [0.5, 0.6) is 5.75 Å². The number of carbonyl (C=O) groups excluding carboxylic acids is 2. The number of phenolic OH excluding ortho intramolecular Hbond substituents is 1. The molecule has 0 spiro atoms. The topological polar surface area (TPSA) is 66.4 Å². The van der Waals surface area contributed by atoms with Crippen molar-refractivity contribution >= 4 is 17.9 Å². The molecule has 1 heterocycles. The summed E-state index contributed by atoms with van der Waals surface area (Å²) >= 11 is 0. The minimum atomic E-state index is -0.309. The summed E-state index contributed by atoms with van der Waals surface area (Å²) in [5.41, 5.74) is 3.39. The first kappa shape index (κ1) is 12.4. The summed E-state index contributed by atoms with van der Waals surface area (Å²) in [6.45, 7) is 0. The summed E-state index contributed by atoms with van der Waals surface area (Å²) in [7, 11) is 0. The molecule has 2 amide bonds. The van der Waals surface area contributed by atoms with Crippen LogP contribution >= 0.6 is 0 Å². The molecule has 0 radical (unpaired) electrons. The minimum Gasteiger partial charge on any atom is -0.508 e. The Morgan fingerprint density at radius 2 is 1.90 bits per heavy atom. The Bertz CT molecular complexity index is 678. The zero-order valence-electron chi connectivity index (χ0n) is 10.7. The van der Waals surface area contributed by atoms with Gasteiger partial charge in [-0.25, -0.2) is 0 Å². The maximum absolute atomic E-state index is 11.7. The third-order valence-electron chi connectivity index (χ3n) is 3.34. The van der Waals surface area contributed by atoms with Gasteiger partial charge in [0.1, 0.15) is 5.75 Å². The molecule has 1 saturated heterocycles. The Hall–Kier alpha value is -2.62. The summed E-state index contributed by atoms with van der Waals surface area (Å²) < 4.78 is 0. The number of allylic oxidation sites excluding steroid dienone is 3. The third-order valence-corrected chi connectivity index (χ3v) is 3.34. The highest BCUT2D eigenvalue weighted by Gasteiger charge is 2.26. The number of carbonyl (C=O) groups is 2. The van der Waals surface area contributed by atoms with Gasteiger partial charge in [-0.05, 0) is 35.3 Å². The molecule has 100 valence electrons. The van der Waals surface area contributed by atoms with Crippen molar-refractivity contribution in [3.8, 4) is 5.75 Å². The van der Waals surface area contributed by atoms with E-state index in [1.165, 1.54) is 0 Å². The van der Waals surface area contributed by atoms with E-state index in [0.717, 1.165) is 16.7 Å². The first-order valence-electron chi connectivity index (χ1n) is 6.37. The molecule has 0 aromatic heterocycles. The lowest BCUT2D eigenvalue weighted by Crippen LogP contribution is -2.37. The predicted octanol–water partition coefficient (Wildman–Crippen LogP) is 2.08. The molecule has 4 heteroatoms. The largest absolute Gasteiger partial charge is 0.508 e. The van der Waals surface area contributed by atoms with Crippen LogP contribution in [0.15, 0.2) is 53.1 Å². The number of hydrogen-bond donors (Lipinski definition) is 2. The Morgan fingerprint density at radius 3 is 2.65 bits per heavy atom. The quantitative estimate of drug-likeness (QED) is 0.765. The van der Waals surface area contributed by atoms with Crippen molar-refractivity contribution in [2.45, 2.75) is 12.8 Å². The zero-order valence-corrected chi connectivity index (χ0v) is 10.7. The molecule has 1 aromatic rings. The van der Waals surface area contributed by atoms with Crippen molar-refractivity contribution in [3.05, 3.63) is 58.7 Å². The summed E-state index contributed by atoms with van der Waals surface area (Å²) in [5, 5.41) is 11.6. The molecule has 2 aliphatic rings. The van der Waals surface area contributed by atoms with E-state index in [1.807, 2.05) is 30.4 Å². The number of aromatic hydroxyl groups is 1. The van der Waals surface area contributed by atoms with Crippen molar-refractivity contribution in [1.29, 1.82) is 0 Å². The van der Waals surface area contributed by atoms with E-state index in [9.17, 15) is 14.7 Å². The van der Waals surface area contributed by atoms with Crippen molar-refractivity contribution in [2.75, 3.05) is 0 Å². The molecule has 3 rings (SSSR count). The van der Waals surface area contributed by atoms with Gasteiger partial charge in [0.25, 0.3) is 5.91 Å². The van der Waals surface area contributed by atoms with Crippen LogP contribution in [0.2, 0.25) is 0 Å². The summed E-state index contributed by atoms with van der Waals surface area (Å²) in [6, 6.07) is 6.89. The summed E-state index contributed by atoms with van der Waals surface area (Å²) in [5.74, 6) is -0.341. The predicted molar refractivity (Wildman–Crippen MR) is 74.6 cm³/mol. The Balaban J connectivity index is 1.90. The number of piperidine rings is 1. The lowest BCUT2D eigenvalue weighted by molar-refractivity contribution is -0.129. The molecule has 20 heavy (non-hydrogen) atoms. The number of hydrogen-bond acceptors (Lipinski definition) is 3. The average molecular weight is 267 g/mol. The fourth-order valence-corrected chi connectivity index (χ4v) is 2.39. The number of benzene rings is 1. The molecule has 0 bridgehead atoms. The van der Waals surface area contributed by atoms with Gasteiger partial charge in [0.15, 0.2) is 0 Å². The van der Waals surface area contributed by atoms with Crippen molar-refractivity contribution in [3.63, 3.8) is 0 Å². The molecule has 1 fully saturated rings. The van der Waals surface area contributed by atoms with Crippen molar-refractivity contribution in [2.24, 2.45) is 0 Å². The van der Waals surface area contributed by atoms with Gasteiger partial charge in [0.2, 0.25) is 5.91 Å². The second-order valence-corrected chi connectivity index (χ2v) is 4.86. The molecular weight excluding hydrogens is 254 g/mol. The Kier molecular flexibility index (Phi) is 2.99. The maximum atomic E-state index is 11.7. The monoisotopic (exact) mass is 267 g/mol. The minimum absolute atomic E-state index is 0.228. The van der Waals surface area contributed by atoms with E-state index in [-0.39, 0.29) is 24.0 Å². The molecule has 1 aliphatic heterocycles. The van der Waals surface area contributed by atoms with Gasteiger partial charge >= 0.3 is 0 Å². The molecular formula is C16H13NO3. The van der Waals surface area contributed by atoms with E-state index < -0.39 is 0 Å².